The summed E-state index contributed by atoms with van der Waals surface area (Å²) in [5.41, 5.74) is 1.65. The maximum absolute atomic E-state index is 12.9. The minimum absolute atomic E-state index is 0.0862. The Morgan fingerprint density at radius 1 is 0.857 bits per heavy atom. The second-order valence-corrected chi connectivity index (χ2v) is 8.26. The van der Waals surface area contributed by atoms with Crippen molar-refractivity contribution in [3.63, 3.8) is 0 Å². The second-order valence-electron chi connectivity index (χ2n) is 6.05. The number of nitrogens with one attached hydrogen (secondary N) is 1. The predicted molar refractivity (Wildman–Crippen MR) is 112 cm³/mol. The monoisotopic (exact) mass is 411 g/mol. The van der Waals surface area contributed by atoms with E-state index in [1.165, 1.54) is 24.3 Å². The van der Waals surface area contributed by atoms with Crippen LogP contribution in [0.5, 0.6) is 0 Å². The first-order chi connectivity index (χ1) is 13.5. The summed E-state index contributed by atoms with van der Waals surface area (Å²) in [5, 5.41) is 0.447. The number of halogens is 1. The Bertz CT molecular complexity index is 1080. The highest BCUT2D eigenvalue weighted by molar-refractivity contribution is 7.89. The molecule has 0 bridgehead atoms. The number of benzene rings is 3. The van der Waals surface area contributed by atoms with Gasteiger partial charge in [-0.1, -0.05) is 72.3 Å². The molecule has 142 valence electrons. The van der Waals surface area contributed by atoms with Crippen LogP contribution in [-0.4, -0.2) is 20.7 Å². The third-order valence-corrected chi connectivity index (χ3v) is 5.71. The molecule has 0 spiro atoms. The van der Waals surface area contributed by atoms with Gasteiger partial charge in [-0.3, -0.25) is 4.79 Å². The Morgan fingerprint density at radius 3 is 2.04 bits per heavy atom. The Labute approximate surface area is 169 Å². The Hall–Kier alpha value is -2.73. The van der Waals surface area contributed by atoms with E-state index in [2.05, 4.69) is 4.72 Å². The van der Waals surface area contributed by atoms with E-state index in [0.29, 0.717) is 16.2 Å². The fraction of sp³-hybridized carbons (Fsp3) is 0.0455. The van der Waals surface area contributed by atoms with Crippen molar-refractivity contribution in [2.24, 2.45) is 0 Å². The van der Waals surface area contributed by atoms with Crippen molar-refractivity contribution in [3.05, 3.63) is 107 Å². The smallest absolute Gasteiger partial charge is 0.240 e. The van der Waals surface area contributed by atoms with Crippen LogP contribution in [0.4, 0.5) is 0 Å². The Kier molecular flexibility index (Phi) is 6.41. The largest absolute Gasteiger partial charge is 0.289 e. The van der Waals surface area contributed by atoms with E-state index in [-0.39, 0.29) is 17.2 Å². The van der Waals surface area contributed by atoms with E-state index in [1.54, 1.807) is 30.3 Å². The summed E-state index contributed by atoms with van der Waals surface area (Å²) in [5.74, 6) is -0.233. The molecule has 3 rings (SSSR count). The molecule has 0 unspecified atom stereocenters. The summed E-state index contributed by atoms with van der Waals surface area (Å²) in [6, 6.07) is 23.9. The minimum atomic E-state index is -3.78. The average Bonchev–Trinajstić information content (AvgIpc) is 2.72. The van der Waals surface area contributed by atoms with Crippen molar-refractivity contribution in [1.82, 2.24) is 4.72 Å². The van der Waals surface area contributed by atoms with Gasteiger partial charge in [0.25, 0.3) is 0 Å². The molecule has 0 atom stereocenters. The maximum Gasteiger partial charge on any atom is 0.240 e. The highest BCUT2D eigenvalue weighted by Crippen LogP contribution is 2.16. The molecule has 0 saturated carbocycles. The van der Waals surface area contributed by atoms with Crippen LogP contribution in [-0.2, 0) is 10.0 Å². The zero-order valence-electron chi connectivity index (χ0n) is 14.9. The van der Waals surface area contributed by atoms with Gasteiger partial charge in [0, 0.05) is 22.7 Å². The van der Waals surface area contributed by atoms with Gasteiger partial charge < -0.3 is 0 Å². The lowest BCUT2D eigenvalue weighted by molar-refractivity contribution is 0.103. The summed E-state index contributed by atoms with van der Waals surface area (Å²) in [6.07, 6.45) is 1.69. The lowest BCUT2D eigenvalue weighted by atomic mass is 10.0. The molecule has 6 heteroatoms. The van der Waals surface area contributed by atoms with Crippen LogP contribution in [0.2, 0.25) is 5.02 Å². The van der Waals surface area contributed by atoms with Crippen LogP contribution in [0, 0.1) is 0 Å². The molecule has 3 aromatic rings. The fourth-order valence-electron chi connectivity index (χ4n) is 2.59. The topological polar surface area (TPSA) is 63.2 Å². The van der Waals surface area contributed by atoms with Gasteiger partial charge in [0.05, 0.1) is 4.90 Å². The first-order valence-corrected chi connectivity index (χ1v) is 10.4. The molecule has 0 aliphatic carbocycles. The van der Waals surface area contributed by atoms with Gasteiger partial charge in [-0.25, -0.2) is 13.1 Å². The van der Waals surface area contributed by atoms with Crippen molar-refractivity contribution in [2.45, 2.75) is 4.90 Å². The number of ketones is 1. The van der Waals surface area contributed by atoms with Crippen molar-refractivity contribution in [3.8, 4) is 0 Å². The molecular formula is C22H18ClNO3S. The van der Waals surface area contributed by atoms with Crippen molar-refractivity contribution in [1.29, 1.82) is 0 Å². The Morgan fingerprint density at radius 2 is 1.43 bits per heavy atom. The zero-order chi connectivity index (χ0) is 20.0. The first-order valence-electron chi connectivity index (χ1n) is 8.56. The highest BCUT2D eigenvalue weighted by Gasteiger charge is 2.18. The van der Waals surface area contributed by atoms with Crippen LogP contribution in [0.3, 0.4) is 0 Å². The van der Waals surface area contributed by atoms with Gasteiger partial charge in [0.2, 0.25) is 10.0 Å². The summed E-state index contributed by atoms with van der Waals surface area (Å²) in [4.78, 5) is 13.0. The van der Waals surface area contributed by atoms with E-state index < -0.39 is 10.0 Å². The molecule has 0 saturated heterocycles. The standard InChI is InChI=1S/C22H18ClNO3S/c23-20-11-13-21(14-12-20)28(26,27)24-16-19(15-17-7-3-1-4-8-17)22(25)18-9-5-2-6-10-18/h1-15,24H,16H2/b19-15+. The SMILES string of the molecule is O=C(/C(=C/c1ccccc1)CNS(=O)(=O)c1ccc(Cl)cc1)c1ccccc1. The molecule has 3 aromatic carbocycles. The number of carbonyl (C=O) groups excluding carboxylic acids is 1. The summed E-state index contributed by atoms with van der Waals surface area (Å²) in [7, 11) is -3.78. The Balaban J connectivity index is 1.88. The van der Waals surface area contributed by atoms with E-state index >= 15 is 0 Å². The number of sulfonamides is 1. The van der Waals surface area contributed by atoms with E-state index in [4.69, 9.17) is 11.6 Å². The molecule has 4 nitrogen and oxygen atoms in total. The number of Topliss-reactive ketones (excluding diaryl/α,β-unsaturated/α-hetero) is 1. The van der Waals surface area contributed by atoms with E-state index in [1.807, 2.05) is 36.4 Å². The van der Waals surface area contributed by atoms with Crippen molar-refractivity contribution in [2.75, 3.05) is 6.54 Å². The fourth-order valence-corrected chi connectivity index (χ4v) is 3.72. The maximum atomic E-state index is 12.9. The molecule has 1 N–H and O–H groups in total. The average molecular weight is 412 g/mol. The van der Waals surface area contributed by atoms with Crippen LogP contribution < -0.4 is 4.72 Å². The number of hydrogen-bond acceptors (Lipinski definition) is 3. The van der Waals surface area contributed by atoms with Crippen LogP contribution in [0.15, 0.2) is 95.4 Å². The second kappa shape index (κ2) is 8.97. The predicted octanol–water partition coefficient (Wildman–Crippen LogP) is 4.58. The van der Waals surface area contributed by atoms with E-state index in [9.17, 15) is 13.2 Å². The summed E-state index contributed by atoms with van der Waals surface area (Å²) >= 11 is 5.82. The number of carbonyl (C=O) groups is 1. The van der Waals surface area contributed by atoms with Gasteiger partial charge in [0.1, 0.15) is 0 Å². The van der Waals surface area contributed by atoms with Crippen LogP contribution >= 0.6 is 11.6 Å². The number of rotatable bonds is 7. The molecule has 0 heterocycles. The lowest BCUT2D eigenvalue weighted by Crippen LogP contribution is -2.28. The third-order valence-electron chi connectivity index (χ3n) is 4.04. The van der Waals surface area contributed by atoms with Crippen molar-refractivity contribution < 1.29 is 13.2 Å². The molecule has 0 aromatic heterocycles. The van der Waals surface area contributed by atoms with Gasteiger partial charge in [-0.15, -0.1) is 0 Å². The minimum Gasteiger partial charge on any atom is -0.289 e. The summed E-state index contributed by atoms with van der Waals surface area (Å²) in [6.45, 7) is -0.131. The van der Waals surface area contributed by atoms with Gasteiger partial charge in [0.15, 0.2) is 5.78 Å². The normalized spacial score (nSPS) is 12.0. The molecule has 28 heavy (non-hydrogen) atoms. The third kappa shape index (κ3) is 5.16. The van der Waals surface area contributed by atoms with Gasteiger partial charge >= 0.3 is 0 Å². The molecule has 0 aliphatic heterocycles. The van der Waals surface area contributed by atoms with Crippen LogP contribution in [0.1, 0.15) is 15.9 Å². The first kappa shape index (κ1) is 20.0. The molecule has 0 fully saturated rings. The molecule has 0 radical (unpaired) electrons. The van der Waals surface area contributed by atoms with Crippen molar-refractivity contribution >= 4 is 33.5 Å². The highest BCUT2D eigenvalue weighted by atomic mass is 35.5. The van der Waals surface area contributed by atoms with E-state index in [0.717, 1.165) is 5.56 Å². The zero-order valence-corrected chi connectivity index (χ0v) is 16.5. The molecule has 0 aliphatic rings. The van der Waals surface area contributed by atoms with Gasteiger partial charge in [-0.2, -0.15) is 0 Å². The molecular weight excluding hydrogens is 394 g/mol. The van der Waals surface area contributed by atoms with Gasteiger partial charge in [-0.05, 0) is 35.9 Å². The van der Waals surface area contributed by atoms with Crippen LogP contribution in [0.25, 0.3) is 6.08 Å². The summed E-state index contributed by atoms with van der Waals surface area (Å²) < 4.78 is 27.6. The lowest BCUT2D eigenvalue weighted by Gasteiger charge is -2.10. The quantitative estimate of drug-likeness (QED) is 0.457. The number of hydrogen-bond donors (Lipinski definition) is 1. The molecule has 0 amide bonds.